The van der Waals surface area contributed by atoms with Crippen LogP contribution in [0.5, 0.6) is 0 Å². The van der Waals surface area contributed by atoms with Crippen LogP contribution >= 0.6 is 11.6 Å². The minimum absolute atomic E-state index is 0.0279. The molecule has 0 aromatic carbocycles. The van der Waals surface area contributed by atoms with E-state index in [0.717, 1.165) is 17.9 Å². The number of amides is 2. The zero-order chi connectivity index (χ0) is 15.3. The maximum absolute atomic E-state index is 12.7. The van der Waals surface area contributed by atoms with Crippen LogP contribution in [0, 0.1) is 16.7 Å². The van der Waals surface area contributed by atoms with E-state index in [1.54, 1.807) is 0 Å². The Balaban J connectivity index is 2.34. The van der Waals surface area contributed by atoms with Crippen molar-refractivity contribution in [2.75, 3.05) is 7.11 Å². The molecule has 0 aromatic rings. The number of halogens is 1. The quantitative estimate of drug-likeness (QED) is 0.458. The SMILES string of the molecule is COC(=O)NN(C(=O)Cl)[C@H]1C(=O)[C@]2(C)CC[C@H]1C2(C)C. The molecule has 6 nitrogen and oxygen atoms in total. The van der Waals surface area contributed by atoms with E-state index in [1.807, 2.05) is 20.8 Å². The smallest absolute Gasteiger partial charge is 0.425 e. The van der Waals surface area contributed by atoms with Crippen molar-refractivity contribution in [3.8, 4) is 0 Å². The van der Waals surface area contributed by atoms with Crippen molar-refractivity contribution in [3.63, 3.8) is 0 Å². The first-order valence-corrected chi connectivity index (χ1v) is 6.92. The van der Waals surface area contributed by atoms with Crippen LogP contribution in [0.4, 0.5) is 9.59 Å². The van der Waals surface area contributed by atoms with Gasteiger partial charge in [0.05, 0.1) is 7.11 Å². The molecular formula is C13H19ClN2O4. The summed E-state index contributed by atoms with van der Waals surface area (Å²) < 4.78 is 4.47. The van der Waals surface area contributed by atoms with Gasteiger partial charge in [-0.2, -0.15) is 0 Å². The van der Waals surface area contributed by atoms with Crippen molar-refractivity contribution < 1.29 is 19.1 Å². The molecule has 0 saturated heterocycles. The van der Waals surface area contributed by atoms with Crippen LogP contribution in [0.25, 0.3) is 0 Å². The lowest BCUT2D eigenvalue weighted by molar-refractivity contribution is -0.132. The lowest BCUT2D eigenvalue weighted by Gasteiger charge is -2.32. The van der Waals surface area contributed by atoms with E-state index in [9.17, 15) is 14.4 Å². The summed E-state index contributed by atoms with van der Waals surface area (Å²) in [4.78, 5) is 35.6. The lowest BCUT2D eigenvalue weighted by atomic mass is 9.70. The molecule has 2 aliphatic rings. The number of Topliss-reactive ketones (excluding diaryl/α,β-unsaturated/α-hetero) is 1. The summed E-state index contributed by atoms with van der Waals surface area (Å²) in [6.45, 7) is 5.97. The number of carbonyl (C=O) groups excluding carboxylic acids is 3. The number of hydrogen-bond donors (Lipinski definition) is 1. The van der Waals surface area contributed by atoms with Crippen LogP contribution in [0.2, 0.25) is 0 Å². The monoisotopic (exact) mass is 302 g/mol. The number of nitrogens with zero attached hydrogens (tertiary/aromatic N) is 1. The van der Waals surface area contributed by atoms with Gasteiger partial charge in [0.15, 0.2) is 5.78 Å². The van der Waals surface area contributed by atoms with Crippen molar-refractivity contribution >= 4 is 28.8 Å². The third-order valence-electron chi connectivity index (χ3n) is 5.36. The zero-order valence-electron chi connectivity index (χ0n) is 12.0. The standard InChI is InChI=1S/C13H19ClN2O4/c1-12(2)7-5-6-13(12,3)9(17)8(7)16(10(14)18)15-11(19)20-4/h7-8H,5-6H2,1-4H3,(H,15,19)/t7-,8-,13+/m1/s1. The zero-order valence-corrected chi connectivity index (χ0v) is 12.8. The van der Waals surface area contributed by atoms with E-state index in [4.69, 9.17) is 11.6 Å². The van der Waals surface area contributed by atoms with E-state index in [2.05, 4.69) is 10.2 Å². The van der Waals surface area contributed by atoms with Gasteiger partial charge in [-0.25, -0.2) is 15.2 Å². The maximum Gasteiger partial charge on any atom is 0.425 e. The van der Waals surface area contributed by atoms with E-state index < -0.39 is 22.9 Å². The van der Waals surface area contributed by atoms with Crippen LogP contribution in [-0.2, 0) is 9.53 Å². The Labute approximate surface area is 122 Å². The predicted molar refractivity (Wildman–Crippen MR) is 72.0 cm³/mol. The lowest BCUT2D eigenvalue weighted by Crippen LogP contribution is -2.56. The Hall–Kier alpha value is -1.30. The number of carbonyl (C=O) groups is 3. The molecule has 2 amide bonds. The number of methoxy groups -OCH3 is 1. The summed E-state index contributed by atoms with van der Waals surface area (Å²) in [5.74, 6) is -0.0796. The fraction of sp³-hybridized carbons (Fsp3) is 0.769. The summed E-state index contributed by atoms with van der Waals surface area (Å²) in [7, 11) is 1.18. The molecule has 0 spiro atoms. The van der Waals surface area contributed by atoms with Gasteiger partial charge in [-0.1, -0.05) is 20.8 Å². The summed E-state index contributed by atoms with van der Waals surface area (Å²) >= 11 is 5.53. The van der Waals surface area contributed by atoms with Gasteiger partial charge in [0, 0.05) is 5.41 Å². The molecule has 2 saturated carbocycles. The highest BCUT2D eigenvalue weighted by Crippen LogP contribution is 2.64. The number of ether oxygens (including phenoxy) is 1. The highest BCUT2D eigenvalue weighted by atomic mass is 35.5. The molecule has 0 aromatic heterocycles. The van der Waals surface area contributed by atoms with Gasteiger partial charge in [0.1, 0.15) is 6.04 Å². The Morgan fingerprint density at radius 2 is 2.00 bits per heavy atom. The minimum Gasteiger partial charge on any atom is -0.452 e. The molecule has 0 radical (unpaired) electrons. The number of hydrogen-bond acceptors (Lipinski definition) is 4. The molecule has 2 rings (SSSR count). The highest BCUT2D eigenvalue weighted by Gasteiger charge is 2.68. The molecule has 2 bridgehead atoms. The van der Waals surface area contributed by atoms with Crippen molar-refractivity contribution in [1.29, 1.82) is 0 Å². The van der Waals surface area contributed by atoms with E-state index >= 15 is 0 Å². The second-order valence-corrected chi connectivity index (χ2v) is 6.56. The van der Waals surface area contributed by atoms with Crippen LogP contribution < -0.4 is 5.43 Å². The second kappa shape index (κ2) is 4.62. The summed E-state index contributed by atoms with van der Waals surface area (Å²) in [6.07, 6.45) is 0.795. The average Bonchev–Trinajstić information content (AvgIpc) is 2.68. The molecule has 2 aliphatic carbocycles. The first-order valence-electron chi connectivity index (χ1n) is 6.54. The first-order chi connectivity index (χ1) is 9.16. The number of nitrogens with one attached hydrogen (secondary N) is 1. The van der Waals surface area contributed by atoms with Gasteiger partial charge < -0.3 is 4.74 Å². The Morgan fingerprint density at radius 1 is 1.40 bits per heavy atom. The normalized spacial score (nSPS) is 34.0. The first kappa shape index (κ1) is 15.1. The molecule has 0 heterocycles. The summed E-state index contributed by atoms with van der Waals surface area (Å²) in [6, 6.07) is -0.729. The van der Waals surface area contributed by atoms with Gasteiger partial charge in [-0.3, -0.25) is 9.59 Å². The Bertz CT molecular complexity index is 479. The van der Waals surface area contributed by atoms with Gasteiger partial charge >= 0.3 is 11.5 Å². The minimum atomic E-state index is -0.888. The molecule has 112 valence electrons. The Kier molecular flexibility index (Phi) is 3.48. The molecule has 0 unspecified atom stereocenters. The predicted octanol–water partition coefficient (Wildman–Crippen LogP) is 2.31. The van der Waals surface area contributed by atoms with Gasteiger partial charge in [0.25, 0.3) is 0 Å². The van der Waals surface area contributed by atoms with Crippen molar-refractivity contribution in [1.82, 2.24) is 10.4 Å². The molecule has 20 heavy (non-hydrogen) atoms. The topological polar surface area (TPSA) is 75.7 Å². The number of ketones is 1. The third kappa shape index (κ3) is 1.81. The van der Waals surface area contributed by atoms with Crippen LogP contribution in [-0.4, -0.2) is 35.4 Å². The number of fused-ring (bicyclic) bond motifs is 2. The third-order valence-corrected chi connectivity index (χ3v) is 5.54. The van der Waals surface area contributed by atoms with Crippen LogP contribution in [0.15, 0.2) is 0 Å². The Morgan fingerprint density at radius 3 is 2.40 bits per heavy atom. The number of hydrazine groups is 1. The van der Waals surface area contributed by atoms with E-state index in [1.165, 1.54) is 7.11 Å². The fourth-order valence-corrected chi connectivity index (χ4v) is 3.85. The highest BCUT2D eigenvalue weighted by molar-refractivity contribution is 6.63. The van der Waals surface area contributed by atoms with Crippen molar-refractivity contribution in [3.05, 3.63) is 0 Å². The average molecular weight is 303 g/mol. The molecule has 3 atom stereocenters. The molecule has 7 heteroatoms. The van der Waals surface area contributed by atoms with E-state index in [0.29, 0.717) is 0 Å². The van der Waals surface area contributed by atoms with Gasteiger partial charge in [-0.05, 0) is 35.8 Å². The maximum atomic E-state index is 12.7. The largest absolute Gasteiger partial charge is 0.452 e. The molecule has 0 aliphatic heterocycles. The van der Waals surface area contributed by atoms with Crippen molar-refractivity contribution in [2.24, 2.45) is 16.7 Å². The van der Waals surface area contributed by atoms with Crippen LogP contribution in [0.3, 0.4) is 0 Å². The molecule has 2 fully saturated rings. The molecule has 1 N–H and O–H groups in total. The fourth-order valence-electron chi connectivity index (χ4n) is 3.70. The second-order valence-electron chi connectivity index (χ2n) is 6.23. The van der Waals surface area contributed by atoms with Crippen molar-refractivity contribution in [2.45, 2.75) is 39.7 Å². The van der Waals surface area contributed by atoms with Gasteiger partial charge in [0.2, 0.25) is 0 Å². The summed E-state index contributed by atoms with van der Waals surface area (Å²) in [5.41, 5.74) is 1.51. The molecular weight excluding hydrogens is 284 g/mol. The van der Waals surface area contributed by atoms with Crippen LogP contribution in [0.1, 0.15) is 33.6 Å². The number of rotatable bonds is 1. The summed E-state index contributed by atoms with van der Waals surface area (Å²) in [5, 5.41) is 0.0210. The van der Waals surface area contributed by atoms with E-state index in [-0.39, 0.29) is 17.1 Å². The van der Waals surface area contributed by atoms with Gasteiger partial charge in [-0.15, -0.1) is 0 Å².